The van der Waals surface area contributed by atoms with Gasteiger partial charge in [-0.3, -0.25) is 0 Å². The monoisotopic (exact) mass is 463 g/mol. The van der Waals surface area contributed by atoms with Gasteiger partial charge in [-0.2, -0.15) is 4.31 Å². The number of sulfonamides is 1. The molecule has 3 rings (SSSR count). The van der Waals surface area contributed by atoms with E-state index in [4.69, 9.17) is 4.74 Å². The molecule has 9 heteroatoms. The molecule has 0 bridgehead atoms. The number of hydrogen-bond donors (Lipinski definition) is 1. The third-order valence-corrected chi connectivity index (χ3v) is 7.23. The Balaban J connectivity index is 1.35. The minimum atomic E-state index is -3.71. The number of carbonyl (C=O) groups is 1. The van der Waals surface area contributed by atoms with E-state index >= 15 is 0 Å². The number of carbonyl (C=O) groups excluding carboxylic acids is 1. The standard InChI is InChI=1S/C23H30FN3O4S/c24-21-8-10-22(11-9-21)32(29,30)27-15-5-14-26(16-17-27)23(28)25-13-4-18-31-19-12-20-6-2-1-3-7-20/h1-3,6-11H,4-5,12-19H2,(H,25,28). The van der Waals surface area contributed by atoms with Gasteiger partial charge in [0.2, 0.25) is 10.0 Å². The molecule has 0 radical (unpaired) electrons. The van der Waals surface area contributed by atoms with Gasteiger partial charge in [0, 0.05) is 39.3 Å². The van der Waals surface area contributed by atoms with Crippen LogP contribution < -0.4 is 5.32 Å². The summed E-state index contributed by atoms with van der Waals surface area (Å²) in [5.74, 6) is -0.482. The largest absolute Gasteiger partial charge is 0.381 e. The summed E-state index contributed by atoms with van der Waals surface area (Å²) >= 11 is 0. The van der Waals surface area contributed by atoms with Crippen LogP contribution >= 0.6 is 0 Å². The zero-order chi connectivity index (χ0) is 22.8. The number of halogens is 1. The van der Waals surface area contributed by atoms with Crippen molar-refractivity contribution in [3.05, 3.63) is 66.0 Å². The van der Waals surface area contributed by atoms with Gasteiger partial charge in [0.15, 0.2) is 0 Å². The highest BCUT2D eigenvalue weighted by Gasteiger charge is 2.28. The van der Waals surface area contributed by atoms with E-state index in [1.807, 2.05) is 18.2 Å². The topological polar surface area (TPSA) is 79.0 Å². The average Bonchev–Trinajstić information content (AvgIpc) is 3.06. The van der Waals surface area contributed by atoms with Crippen LogP contribution in [0.4, 0.5) is 9.18 Å². The normalized spacial score (nSPS) is 15.3. The smallest absolute Gasteiger partial charge is 0.317 e. The Kier molecular flexibility index (Phi) is 9.01. The number of urea groups is 1. The van der Waals surface area contributed by atoms with E-state index in [0.29, 0.717) is 52.2 Å². The van der Waals surface area contributed by atoms with Crippen molar-refractivity contribution in [2.75, 3.05) is 45.9 Å². The Labute approximate surface area is 189 Å². The molecule has 2 aromatic carbocycles. The fraction of sp³-hybridized carbons (Fsp3) is 0.435. The predicted octanol–water partition coefficient (Wildman–Crippen LogP) is 2.88. The second kappa shape index (κ2) is 11.9. The summed E-state index contributed by atoms with van der Waals surface area (Å²) in [6.45, 7) is 3.01. The molecule has 0 aliphatic carbocycles. The van der Waals surface area contributed by atoms with Crippen LogP contribution in [0.2, 0.25) is 0 Å². The molecule has 32 heavy (non-hydrogen) atoms. The molecule has 0 saturated carbocycles. The van der Waals surface area contributed by atoms with Crippen LogP contribution in [0.3, 0.4) is 0 Å². The van der Waals surface area contributed by atoms with Crippen molar-refractivity contribution >= 4 is 16.1 Å². The fourth-order valence-corrected chi connectivity index (χ4v) is 4.98. The lowest BCUT2D eigenvalue weighted by atomic mass is 10.2. The second-order valence-corrected chi connectivity index (χ2v) is 9.57. The molecule has 0 atom stereocenters. The summed E-state index contributed by atoms with van der Waals surface area (Å²) < 4.78 is 45.7. The van der Waals surface area contributed by atoms with Crippen LogP contribution in [-0.2, 0) is 21.2 Å². The second-order valence-electron chi connectivity index (χ2n) is 7.63. The highest BCUT2D eigenvalue weighted by Crippen LogP contribution is 2.18. The fourth-order valence-electron chi connectivity index (χ4n) is 3.51. The summed E-state index contributed by atoms with van der Waals surface area (Å²) in [4.78, 5) is 14.1. The number of hydrogen-bond acceptors (Lipinski definition) is 4. The van der Waals surface area contributed by atoms with Gasteiger partial charge in [0.05, 0.1) is 11.5 Å². The van der Waals surface area contributed by atoms with E-state index in [2.05, 4.69) is 17.4 Å². The molecule has 2 amide bonds. The molecule has 1 aliphatic rings. The van der Waals surface area contributed by atoms with Crippen molar-refractivity contribution in [2.45, 2.75) is 24.2 Å². The molecule has 0 aromatic heterocycles. The van der Waals surface area contributed by atoms with Gasteiger partial charge < -0.3 is 15.0 Å². The first-order valence-electron chi connectivity index (χ1n) is 10.9. The number of benzene rings is 2. The van der Waals surface area contributed by atoms with Crippen LogP contribution in [0, 0.1) is 5.82 Å². The van der Waals surface area contributed by atoms with Gasteiger partial charge in [0.1, 0.15) is 5.82 Å². The maximum absolute atomic E-state index is 13.1. The summed E-state index contributed by atoms with van der Waals surface area (Å²) in [6, 6.07) is 14.7. The number of rotatable bonds is 9. The van der Waals surface area contributed by atoms with E-state index in [1.54, 1.807) is 4.90 Å². The molecule has 1 saturated heterocycles. The van der Waals surface area contributed by atoms with E-state index < -0.39 is 15.8 Å². The molecule has 1 fully saturated rings. The minimum Gasteiger partial charge on any atom is -0.381 e. The van der Waals surface area contributed by atoms with Gasteiger partial charge in [-0.25, -0.2) is 17.6 Å². The van der Waals surface area contributed by atoms with Crippen molar-refractivity contribution in [1.82, 2.24) is 14.5 Å². The molecular formula is C23H30FN3O4S. The van der Waals surface area contributed by atoms with Crippen LogP contribution in [-0.4, -0.2) is 69.6 Å². The van der Waals surface area contributed by atoms with Gasteiger partial charge in [-0.1, -0.05) is 30.3 Å². The maximum atomic E-state index is 13.1. The maximum Gasteiger partial charge on any atom is 0.317 e. The Morgan fingerprint density at radius 1 is 0.969 bits per heavy atom. The van der Waals surface area contributed by atoms with E-state index in [1.165, 1.54) is 22.0 Å². The lowest BCUT2D eigenvalue weighted by Gasteiger charge is -2.22. The van der Waals surface area contributed by atoms with Crippen LogP contribution in [0.1, 0.15) is 18.4 Å². The molecular weight excluding hydrogens is 433 g/mol. The predicted molar refractivity (Wildman–Crippen MR) is 120 cm³/mol. The average molecular weight is 464 g/mol. The Hall–Kier alpha value is -2.49. The third-order valence-electron chi connectivity index (χ3n) is 5.31. The van der Waals surface area contributed by atoms with Gasteiger partial charge in [0.25, 0.3) is 0 Å². The summed E-state index contributed by atoms with van der Waals surface area (Å²) in [7, 11) is -3.71. The molecule has 0 unspecified atom stereocenters. The van der Waals surface area contributed by atoms with Crippen molar-refractivity contribution < 1.29 is 22.3 Å². The number of ether oxygens (including phenoxy) is 1. The lowest BCUT2D eigenvalue weighted by Crippen LogP contribution is -2.43. The molecule has 1 N–H and O–H groups in total. The molecule has 7 nitrogen and oxygen atoms in total. The minimum absolute atomic E-state index is 0.0593. The molecule has 1 heterocycles. The highest BCUT2D eigenvalue weighted by atomic mass is 32.2. The van der Waals surface area contributed by atoms with E-state index in [-0.39, 0.29) is 17.5 Å². The number of nitrogens with zero attached hydrogens (tertiary/aromatic N) is 2. The molecule has 1 aliphatic heterocycles. The Morgan fingerprint density at radius 3 is 2.47 bits per heavy atom. The van der Waals surface area contributed by atoms with Gasteiger partial charge in [-0.15, -0.1) is 0 Å². The third kappa shape index (κ3) is 7.01. The van der Waals surface area contributed by atoms with Crippen molar-refractivity contribution in [2.24, 2.45) is 0 Å². The summed E-state index contributed by atoms with van der Waals surface area (Å²) in [5, 5.41) is 2.88. The van der Waals surface area contributed by atoms with Crippen molar-refractivity contribution in [3.8, 4) is 0 Å². The molecule has 0 spiro atoms. The molecule has 174 valence electrons. The summed E-state index contributed by atoms with van der Waals surface area (Å²) in [6.07, 6.45) is 2.11. The van der Waals surface area contributed by atoms with E-state index in [0.717, 1.165) is 18.6 Å². The zero-order valence-corrected chi connectivity index (χ0v) is 18.9. The van der Waals surface area contributed by atoms with E-state index in [9.17, 15) is 17.6 Å². The van der Waals surface area contributed by atoms with Crippen LogP contribution in [0.25, 0.3) is 0 Å². The lowest BCUT2D eigenvalue weighted by molar-refractivity contribution is 0.134. The first-order valence-corrected chi connectivity index (χ1v) is 12.3. The van der Waals surface area contributed by atoms with Crippen molar-refractivity contribution in [3.63, 3.8) is 0 Å². The zero-order valence-electron chi connectivity index (χ0n) is 18.1. The van der Waals surface area contributed by atoms with Crippen LogP contribution in [0.15, 0.2) is 59.5 Å². The highest BCUT2D eigenvalue weighted by molar-refractivity contribution is 7.89. The Morgan fingerprint density at radius 2 is 1.72 bits per heavy atom. The quantitative estimate of drug-likeness (QED) is 0.580. The van der Waals surface area contributed by atoms with Crippen LogP contribution in [0.5, 0.6) is 0 Å². The SMILES string of the molecule is O=C(NCCCOCCc1ccccc1)N1CCCN(S(=O)(=O)c2ccc(F)cc2)CC1. The number of amides is 2. The van der Waals surface area contributed by atoms with Gasteiger partial charge >= 0.3 is 6.03 Å². The first kappa shape index (κ1) is 24.2. The van der Waals surface area contributed by atoms with Crippen molar-refractivity contribution in [1.29, 1.82) is 0 Å². The molecule has 2 aromatic rings. The summed E-state index contributed by atoms with van der Waals surface area (Å²) in [5.41, 5.74) is 1.23. The first-order chi connectivity index (χ1) is 15.5. The Bertz CT molecular complexity index is 955. The number of nitrogens with one attached hydrogen (secondary N) is 1. The van der Waals surface area contributed by atoms with Gasteiger partial charge in [-0.05, 0) is 49.1 Å².